The highest BCUT2D eigenvalue weighted by Crippen LogP contribution is 2.18. The fraction of sp³-hybridized carbons (Fsp3) is 0.182. The van der Waals surface area contributed by atoms with E-state index < -0.39 is 10.8 Å². The third-order valence-corrected chi connectivity index (χ3v) is 4.63. The molecule has 0 aliphatic rings. The maximum Gasteiger partial charge on any atom is 0.272 e. The molecule has 0 unspecified atom stereocenters. The number of hydrogen-bond acceptors (Lipinski definition) is 6. The number of hydrogen-bond donors (Lipinski definition) is 1. The first-order valence-corrected chi connectivity index (χ1v) is 9.53. The van der Waals surface area contributed by atoms with Gasteiger partial charge >= 0.3 is 0 Å². The second kappa shape index (κ2) is 10.1. The van der Waals surface area contributed by atoms with Crippen LogP contribution in [0.15, 0.2) is 67.3 Å². The number of pyridine rings is 2. The first-order valence-electron chi connectivity index (χ1n) is 9.53. The molecule has 0 aliphatic heterocycles. The fourth-order valence-electron chi connectivity index (χ4n) is 3.02. The molecule has 0 radical (unpaired) electrons. The monoisotopic (exact) mass is 419 g/mol. The van der Waals surface area contributed by atoms with Crippen LogP contribution in [0.3, 0.4) is 0 Å². The van der Waals surface area contributed by atoms with Crippen LogP contribution in [0.4, 0.5) is 5.69 Å². The molecule has 31 heavy (non-hydrogen) atoms. The van der Waals surface area contributed by atoms with E-state index in [1.807, 2.05) is 18.2 Å². The van der Waals surface area contributed by atoms with Gasteiger partial charge in [-0.15, -0.1) is 0 Å². The lowest BCUT2D eigenvalue weighted by Crippen LogP contribution is -2.39. The lowest BCUT2D eigenvalue weighted by atomic mass is 10.1. The van der Waals surface area contributed by atoms with Gasteiger partial charge in [0.1, 0.15) is 0 Å². The molecule has 0 saturated heterocycles. The number of aromatic nitrogens is 2. The zero-order valence-electron chi connectivity index (χ0n) is 16.9. The molecule has 9 heteroatoms. The van der Waals surface area contributed by atoms with Crippen molar-refractivity contribution < 1.29 is 14.5 Å². The van der Waals surface area contributed by atoms with E-state index >= 15 is 0 Å². The topological polar surface area (TPSA) is 118 Å². The number of nitro benzene ring substituents is 1. The molecule has 9 nitrogen and oxygen atoms in total. The summed E-state index contributed by atoms with van der Waals surface area (Å²) in [6, 6.07) is 11.4. The summed E-state index contributed by atoms with van der Waals surface area (Å²) in [5, 5.41) is 13.5. The Hall–Kier alpha value is -4.14. The molecule has 3 rings (SSSR count). The van der Waals surface area contributed by atoms with Crippen LogP contribution in [0, 0.1) is 17.0 Å². The SMILES string of the molecule is Cc1cc(C(=O)NCC(=O)N(Cc2ccncc2)Cc2cccnc2)ccc1[N+](=O)[O-]. The van der Waals surface area contributed by atoms with Crippen molar-refractivity contribution in [3.8, 4) is 0 Å². The van der Waals surface area contributed by atoms with Crippen LogP contribution in [-0.2, 0) is 17.9 Å². The number of nitro groups is 1. The highest BCUT2D eigenvalue weighted by molar-refractivity contribution is 5.96. The second-order valence-corrected chi connectivity index (χ2v) is 6.91. The standard InChI is InChI=1S/C22H21N5O4/c1-16-11-19(4-5-20(16)27(30)31)22(29)25-13-21(28)26(14-17-6-9-23-10-7-17)15-18-3-2-8-24-12-18/h2-12H,13-15H2,1H3,(H,25,29). The fourth-order valence-corrected chi connectivity index (χ4v) is 3.02. The number of carbonyl (C=O) groups excluding carboxylic acids is 2. The van der Waals surface area contributed by atoms with Gasteiger partial charge in [0.2, 0.25) is 5.91 Å². The summed E-state index contributed by atoms with van der Waals surface area (Å²) < 4.78 is 0. The van der Waals surface area contributed by atoms with Crippen LogP contribution in [0.2, 0.25) is 0 Å². The van der Waals surface area contributed by atoms with Gasteiger partial charge in [0.25, 0.3) is 11.6 Å². The van der Waals surface area contributed by atoms with Gasteiger partial charge in [0.15, 0.2) is 0 Å². The highest BCUT2D eigenvalue weighted by atomic mass is 16.6. The second-order valence-electron chi connectivity index (χ2n) is 6.91. The number of carbonyl (C=O) groups is 2. The maximum atomic E-state index is 12.9. The van der Waals surface area contributed by atoms with Gasteiger partial charge in [-0.2, -0.15) is 0 Å². The van der Waals surface area contributed by atoms with Crippen LogP contribution in [-0.4, -0.2) is 38.2 Å². The average Bonchev–Trinajstić information content (AvgIpc) is 2.78. The van der Waals surface area contributed by atoms with Crippen molar-refractivity contribution in [1.29, 1.82) is 0 Å². The Morgan fingerprint density at radius 3 is 2.42 bits per heavy atom. The first kappa shape index (κ1) is 21.6. The Morgan fingerprint density at radius 2 is 1.77 bits per heavy atom. The third-order valence-electron chi connectivity index (χ3n) is 4.63. The lowest BCUT2D eigenvalue weighted by molar-refractivity contribution is -0.385. The van der Waals surface area contributed by atoms with Gasteiger partial charge in [-0.25, -0.2) is 0 Å². The van der Waals surface area contributed by atoms with Crippen LogP contribution >= 0.6 is 0 Å². The molecule has 0 spiro atoms. The molecule has 1 aromatic carbocycles. The maximum absolute atomic E-state index is 12.9. The van der Waals surface area contributed by atoms with Gasteiger partial charge < -0.3 is 10.2 Å². The molecule has 0 atom stereocenters. The van der Waals surface area contributed by atoms with E-state index in [0.29, 0.717) is 18.7 Å². The van der Waals surface area contributed by atoms with Crippen LogP contribution < -0.4 is 5.32 Å². The minimum absolute atomic E-state index is 0.0624. The smallest absolute Gasteiger partial charge is 0.272 e. The summed E-state index contributed by atoms with van der Waals surface area (Å²) in [4.78, 5) is 45.5. The van der Waals surface area contributed by atoms with E-state index in [9.17, 15) is 19.7 Å². The molecule has 158 valence electrons. The van der Waals surface area contributed by atoms with Gasteiger partial charge in [0.05, 0.1) is 11.5 Å². The molecule has 0 fully saturated rings. The highest BCUT2D eigenvalue weighted by Gasteiger charge is 2.18. The Labute approximate surface area is 178 Å². The predicted molar refractivity (Wildman–Crippen MR) is 113 cm³/mol. The van der Waals surface area contributed by atoms with E-state index in [1.165, 1.54) is 18.2 Å². The molecule has 2 amide bonds. The minimum Gasteiger partial charge on any atom is -0.343 e. The largest absolute Gasteiger partial charge is 0.343 e. The summed E-state index contributed by atoms with van der Waals surface area (Å²) in [6.45, 7) is 2.04. The molecule has 0 bridgehead atoms. The molecule has 3 aromatic rings. The van der Waals surface area contributed by atoms with Crippen molar-refractivity contribution in [2.75, 3.05) is 6.54 Å². The molecule has 2 heterocycles. The normalized spacial score (nSPS) is 10.4. The molecule has 1 N–H and O–H groups in total. The van der Waals surface area contributed by atoms with Gasteiger partial charge in [0, 0.05) is 55.1 Å². The summed E-state index contributed by atoms with van der Waals surface area (Å²) >= 11 is 0. The van der Waals surface area contributed by atoms with Crippen molar-refractivity contribution in [3.63, 3.8) is 0 Å². The predicted octanol–water partition coefficient (Wildman–Crippen LogP) is 2.65. The van der Waals surface area contributed by atoms with Crippen molar-refractivity contribution >= 4 is 17.5 Å². The first-order chi connectivity index (χ1) is 14.9. The summed E-state index contributed by atoms with van der Waals surface area (Å²) in [6.07, 6.45) is 6.65. The zero-order chi connectivity index (χ0) is 22.2. The Bertz CT molecular complexity index is 1030. The quantitative estimate of drug-likeness (QED) is 0.443. The Kier molecular flexibility index (Phi) is 7.00. The number of rotatable bonds is 8. The van der Waals surface area contributed by atoms with Gasteiger partial charge in [-0.3, -0.25) is 29.7 Å². The van der Waals surface area contributed by atoms with E-state index in [1.54, 1.807) is 42.7 Å². The number of benzene rings is 1. The Morgan fingerprint density at radius 1 is 1.03 bits per heavy atom. The van der Waals surface area contributed by atoms with Crippen LogP contribution in [0.25, 0.3) is 0 Å². The number of amides is 2. The van der Waals surface area contributed by atoms with Gasteiger partial charge in [-0.1, -0.05) is 6.07 Å². The van der Waals surface area contributed by atoms with E-state index in [0.717, 1.165) is 11.1 Å². The van der Waals surface area contributed by atoms with E-state index in [4.69, 9.17) is 0 Å². The van der Waals surface area contributed by atoms with Crippen LogP contribution in [0.5, 0.6) is 0 Å². The lowest BCUT2D eigenvalue weighted by Gasteiger charge is -2.23. The average molecular weight is 419 g/mol. The van der Waals surface area contributed by atoms with Crippen LogP contribution in [0.1, 0.15) is 27.0 Å². The molecule has 2 aromatic heterocycles. The Balaban J connectivity index is 1.68. The molecular weight excluding hydrogens is 398 g/mol. The van der Waals surface area contributed by atoms with Crippen molar-refractivity contribution in [2.45, 2.75) is 20.0 Å². The third kappa shape index (κ3) is 5.92. The van der Waals surface area contributed by atoms with E-state index in [-0.39, 0.29) is 23.7 Å². The van der Waals surface area contributed by atoms with E-state index in [2.05, 4.69) is 15.3 Å². The summed E-state index contributed by atoms with van der Waals surface area (Å²) in [7, 11) is 0. The number of nitrogens with one attached hydrogen (secondary N) is 1. The van der Waals surface area contributed by atoms with Crippen molar-refractivity contribution in [3.05, 3.63) is 99.6 Å². The molecule has 0 saturated carbocycles. The minimum atomic E-state index is -0.504. The van der Waals surface area contributed by atoms with Crippen molar-refractivity contribution in [1.82, 2.24) is 20.2 Å². The summed E-state index contributed by atoms with van der Waals surface area (Å²) in [5.74, 6) is -0.746. The molecular formula is C22H21N5O4. The van der Waals surface area contributed by atoms with Crippen molar-refractivity contribution in [2.24, 2.45) is 0 Å². The molecule has 0 aliphatic carbocycles. The summed E-state index contributed by atoms with van der Waals surface area (Å²) in [5.41, 5.74) is 2.34. The number of nitrogens with zero attached hydrogens (tertiary/aromatic N) is 4. The number of aryl methyl sites for hydroxylation is 1. The van der Waals surface area contributed by atoms with Gasteiger partial charge in [-0.05, 0) is 48.4 Å². The zero-order valence-corrected chi connectivity index (χ0v) is 16.9.